The summed E-state index contributed by atoms with van der Waals surface area (Å²) in [6, 6.07) is 18.8. The first-order valence-corrected chi connectivity index (χ1v) is 12.2. The van der Waals surface area contributed by atoms with Crippen LogP contribution in [0.3, 0.4) is 0 Å². The van der Waals surface area contributed by atoms with Gasteiger partial charge in [0.15, 0.2) is 5.16 Å². The molecule has 0 saturated heterocycles. The number of amides is 1. The molecular formula is C25H26N6O2S. The molecule has 0 aliphatic carbocycles. The minimum atomic E-state index is -0.124. The molecule has 8 nitrogen and oxygen atoms in total. The number of carbonyl (C=O) groups is 1. The van der Waals surface area contributed by atoms with E-state index >= 15 is 0 Å². The highest BCUT2D eigenvalue weighted by atomic mass is 32.2. The van der Waals surface area contributed by atoms with Gasteiger partial charge in [0.05, 0.1) is 29.1 Å². The summed E-state index contributed by atoms with van der Waals surface area (Å²) < 4.78 is 3.53. The van der Waals surface area contributed by atoms with E-state index in [2.05, 4.69) is 30.1 Å². The van der Waals surface area contributed by atoms with Gasteiger partial charge in [-0.25, -0.2) is 0 Å². The number of aryl methyl sites for hydroxylation is 1. The average Bonchev–Trinajstić information content (AvgIpc) is 3.27. The van der Waals surface area contributed by atoms with Crippen LogP contribution in [0.4, 0.5) is 5.69 Å². The molecule has 0 bridgehead atoms. The highest BCUT2D eigenvalue weighted by Crippen LogP contribution is 2.23. The molecule has 1 amide bonds. The smallest absolute Gasteiger partial charge is 0.262 e. The van der Waals surface area contributed by atoms with E-state index in [1.54, 1.807) is 9.47 Å². The Kier molecular flexibility index (Phi) is 7.28. The van der Waals surface area contributed by atoms with E-state index in [9.17, 15) is 9.59 Å². The molecule has 0 atom stereocenters. The fourth-order valence-corrected chi connectivity index (χ4v) is 4.60. The number of nitriles is 1. The van der Waals surface area contributed by atoms with E-state index in [1.807, 2.05) is 59.0 Å². The lowest BCUT2D eigenvalue weighted by Crippen LogP contribution is -2.33. The monoisotopic (exact) mass is 474 g/mol. The van der Waals surface area contributed by atoms with Crippen molar-refractivity contribution in [3.63, 3.8) is 0 Å². The van der Waals surface area contributed by atoms with Crippen LogP contribution in [-0.2, 0) is 11.3 Å². The Bertz CT molecular complexity index is 1400. The summed E-state index contributed by atoms with van der Waals surface area (Å²) in [6.45, 7) is 5.09. The Labute approximate surface area is 201 Å². The Hall–Kier alpha value is -3.64. The summed E-state index contributed by atoms with van der Waals surface area (Å²) >= 11 is 1.27. The first-order chi connectivity index (χ1) is 16.5. The normalized spacial score (nSPS) is 11.2. The second kappa shape index (κ2) is 10.5. The maximum Gasteiger partial charge on any atom is 0.262 e. The van der Waals surface area contributed by atoms with Crippen LogP contribution in [0.5, 0.6) is 0 Å². The minimum Gasteiger partial charge on any atom is -0.311 e. The van der Waals surface area contributed by atoms with E-state index < -0.39 is 0 Å². The van der Waals surface area contributed by atoms with Crippen LogP contribution in [0.25, 0.3) is 16.7 Å². The number of fused-ring (bicyclic) bond motifs is 3. The fourth-order valence-electron chi connectivity index (χ4n) is 3.79. The summed E-state index contributed by atoms with van der Waals surface area (Å²) in [4.78, 5) is 27.9. The lowest BCUT2D eigenvalue weighted by atomic mass is 10.1. The van der Waals surface area contributed by atoms with Crippen molar-refractivity contribution in [2.75, 3.05) is 17.2 Å². The molecule has 0 radical (unpaired) electrons. The van der Waals surface area contributed by atoms with Gasteiger partial charge in [0.25, 0.3) is 5.56 Å². The zero-order valence-corrected chi connectivity index (χ0v) is 20.0. The van der Waals surface area contributed by atoms with Crippen molar-refractivity contribution in [1.29, 1.82) is 5.26 Å². The molecule has 2 aromatic carbocycles. The van der Waals surface area contributed by atoms with Gasteiger partial charge in [-0.15, -0.1) is 10.2 Å². The van der Waals surface area contributed by atoms with E-state index in [0.29, 0.717) is 40.8 Å². The maximum atomic E-state index is 13.2. The van der Waals surface area contributed by atoms with Crippen molar-refractivity contribution < 1.29 is 4.79 Å². The molecule has 0 N–H and O–H groups in total. The highest BCUT2D eigenvalue weighted by molar-refractivity contribution is 7.99. The van der Waals surface area contributed by atoms with Crippen LogP contribution in [0.1, 0.15) is 26.7 Å². The molecule has 0 saturated carbocycles. The SMILES string of the molecule is CC(C)CCn1c(=O)c2ccccc2n2c(SCC(=O)N(CCC#N)c3ccccc3)nnc12. The first-order valence-electron chi connectivity index (χ1n) is 11.2. The second-order valence-electron chi connectivity index (χ2n) is 8.35. The van der Waals surface area contributed by atoms with Gasteiger partial charge in [-0.05, 0) is 36.6 Å². The number of rotatable bonds is 9. The zero-order valence-electron chi connectivity index (χ0n) is 19.2. The largest absolute Gasteiger partial charge is 0.311 e. The van der Waals surface area contributed by atoms with Gasteiger partial charge in [-0.1, -0.05) is 55.9 Å². The number of benzene rings is 2. The van der Waals surface area contributed by atoms with Gasteiger partial charge in [0, 0.05) is 18.8 Å². The summed E-state index contributed by atoms with van der Waals surface area (Å²) in [7, 11) is 0. The van der Waals surface area contributed by atoms with Crippen molar-refractivity contribution in [2.24, 2.45) is 5.92 Å². The molecule has 0 aliphatic rings. The molecule has 2 heterocycles. The number of aromatic nitrogens is 4. The molecule has 2 aromatic heterocycles. The molecule has 174 valence electrons. The molecule has 4 aromatic rings. The van der Waals surface area contributed by atoms with Crippen molar-refractivity contribution >= 4 is 40.0 Å². The molecule has 0 fully saturated rings. The van der Waals surface area contributed by atoms with Gasteiger partial charge < -0.3 is 4.90 Å². The third kappa shape index (κ3) is 4.82. The van der Waals surface area contributed by atoms with Crippen molar-refractivity contribution in [2.45, 2.75) is 38.4 Å². The number of hydrogen-bond acceptors (Lipinski definition) is 6. The molecule has 0 unspecified atom stereocenters. The number of nitrogens with zero attached hydrogens (tertiary/aromatic N) is 6. The summed E-state index contributed by atoms with van der Waals surface area (Å²) in [5, 5.41) is 18.8. The number of hydrogen-bond donors (Lipinski definition) is 0. The minimum absolute atomic E-state index is 0.0875. The van der Waals surface area contributed by atoms with Gasteiger partial charge in [-0.3, -0.25) is 18.6 Å². The van der Waals surface area contributed by atoms with Crippen LogP contribution < -0.4 is 10.5 Å². The van der Waals surface area contributed by atoms with Crippen LogP contribution in [0.15, 0.2) is 64.5 Å². The van der Waals surface area contributed by atoms with E-state index in [0.717, 1.165) is 12.1 Å². The molecule has 4 rings (SSSR count). The van der Waals surface area contributed by atoms with E-state index in [4.69, 9.17) is 5.26 Å². The third-order valence-electron chi connectivity index (χ3n) is 5.55. The zero-order chi connectivity index (χ0) is 24.1. The third-order valence-corrected chi connectivity index (χ3v) is 6.46. The Morgan fingerprint density at radius 1 is 1.12 bits per heavy atom. The Morgan fingerprint density at radius 3 is 2.59 bits per heavy atom. The highest BCUT2D eigenvalue weighted by Gasteiger charge is 2.20. The topological polar surface area (TPSA) is 96.3 Å². The number of para-hydroxylation sites is 2. The molecule has 0 aliphatic heterocycles. The predicted molar refractivity (Wildman–Crippen MR) is 134 cm³/mol. The van der Waals surface area contributed by atoms with Gasteiger partial charge in [0.2, 0.25) is 11.7 Å². The number of carbonyl (C=O) groups excluding carboxylic acids is 1. The molecular weight excluding hydrogens is 448 g/mol. The average molecular weight is 475 g/mol. The van der Waals surface area contributed by atoms with Crippen LogP contribution in [-0.4, -0.2) is 37.4 Å². The van der Waals surface area contributed by atoms with E-state index in [1.165, 1.54) is 11.8 Å². The molecule has 34 heavy (non-hydrogen) atoms. The second-order valence-corrected chi connectivity index (χ2v) is 9.29. The van der Waals surface area contributed by atoms with Crippen molar-refractivity contribution in [3.05, 3.63) is 65.0 Å². The maximum absolute atomic E-state index is 13.2. The number of anilines is 1. The Balaban J connectivity index is 1.68. The van der Waals surface area contributed by atoms with Crippen LogP contribution in [0, 0.1) is 17.2 Å². The van der Waals surface area contributed by atoms with Gasteiger partial charge in [-0.2, -0.15) is 5.26 Å². The molecule has 9 heteroatoms. The van der Waals surface area contributed by atoms with Crippen LogP contribution in [0.2, 0.25) is 0 Å². The van der Waals surface area contributed by atoms with Crippen LogP contribution >= 0.6 is 11.8 Å². The standard InChI is InChI=1S/C25H26N6O2S/c1-18(2)13-16-30-23(33)20-11-6-7-12-21(20)31-24(30)27-28-25(31)34-17-22(32)29(15-8-14-26)19-9-4-3-5-10-19/h3-7,9-12,18H,8,13,15-17H2,1-2H3. The summed E-state index contributed by atoms with van der Waals surface area (Å²) in [6.07, 6.45) is 1.08. The summed E-state index contributed by atoms with van der Waals surface area (Å²) in [5.74, 6) is 0.912. The lowest BCUT2D eigenvalue weighted by Gasteiger charge is -2.21. The van der Waals surface area contributed by atoms with Crippen molar-refractivity contribution in [1.82, 2.24) is 19.2 Å². The predicted octanol–water partition coefficient (Wildman–Crippen LogP) is 4.13. The quantitative estimate of drug-likeness (QED) is 0.339. The van der Waals surface area contributed by atoms with E-state index in [-0.39, 0.29) is 23.6 Å². The molecule has 0 spiro atoms. The van der Waals surface area contributed by atoms with Crippen molar-refractivity contribution in [3.8, 4) is 6.07 Å². The lowest BCUT2D eigenvalue weighted by molar-refractivity contribution is -0.116. The first kappa shape index (κ1) is 23.5. The fraction of sp³-hybridized carbons (Fsp3) is 0.320. The number of thioether (sulfide) groups is 1. The van der Waals surface area contributed by atoms with Gasteiger partial charge >= 0.3 is 0 Å². The van der Waals surface area contributed by atoms with Gasteiger partial charge in [0.1, 0.15) is 0 Å². The Morgan fingerprint density at radius 2 is 1.85 bits per heavy atom. The summed E-state index contributed by atoms with van der Waals surface area (Å²) in [5.41, 5.74) is 1.38.